The van der Waals surface area contributed by atoms with E-state index in [1.165, 1.54) is 11.4 Å². The van der Waals surface area contributed by atoms with Crippen LogP contribution in [0.5, 0.6) is 0 Å². The highest BCUT2D eigenvalue weighted by atomic mass is 32.2. The van der Waals surface area contributed by atoms with Crippen LogP contribution < -0.4 is 5.32 Å². The van der Waals surface area contributed by atoms with Crippen molar-refractivity contribution < 1.29 is 13.5 Å². The molecule has 1 rings (SSSR count). The summed E-state index contributed by atoms with van der Waals surface area (Å²) in [5.74, 6) is 0. The average molecular weight is 236 g/mol. The molecule has 1 atom stereocenters. The van der Waals surface area contributed by atoms with Crippen molar-refractivity contribution in [2.75, 3.05) is 26.7 Å². The molecule has 1 fully saturated rings. The molecule has 0 bridgehead atoms. The van der Waals surface area contributed by atoms with Crippen LogP contribution in [-0.2, 0) is 10.0 Å². The molecule has 0 amide bonds. The van der Waals surface area contributed by atoms with Crippen LogP contribution in [-0.4, -0.2) is 55.4 Å². The van der Waals surface area contributed by atoms with Gasteiger partial charge in [0.15, 0.2) is 0 Å². The number of sulfonamides is 1. The summed E-state index contributed by atoms with van der Waals surface area (Å²) in [6.45, 7) is 4.60. The van der Waals surface area contributed by atoms with Crippen LogP contribution in [0.25, 0.3) is 0 Å². The summed E-state index contributed by atoms with van der Waals surface area (Å²) in [5, 5.41) is 12.3. The molecule has 2 N–H and O–H groups in total. The fourth-order valence-corrected chi connectivity index (χ4v) is 3.52. The summed E-state index contributed by atoms with van der Waals surface area (Å²) < 4.78 is 25.2. The Labute approximate surface area is 91.5 Å². The molecule has 0 aliphatic carbocycles. The fraction of sp³-hybridized carbons (Fsp3) is 1.00. The SMILES string of the molecule is CN(CC(C)(C)O)S(=O)(=O)C1CCNC1. The number of likely N-dealkylation sites (N-methyl/N-ethyl adjacent to an activating group) is 1. The Balaban J connectivity index is 2.68. The van der Waals surface area contributed by atoms with Gasteiger partial charge in [-0.2, -0.15) is 0 Å². The van der Waals surface area contributed by atoms with E-state index in [-0.39, 0.29) is 11.8 Å². The Kier molecular flexibility index (Phi) is 3.76. The second kappa shape index (κ2) is 4.37. The molecule has 5 nitrogen and oxygen atoms in total. The van der Waals surface area contributed by atoms with E-state index >= 15 is 0 Å². The van der Waals surface area contributed by atoms with Gasteiger partial charge in [0.2, 0.25) is 10.0 Å². The Hall–Kier alpha value is -0.170. The van der Waals surface area contributed by atoms with E-state index in [9.17, 15) is 13.5 Å². The minimum atomic E-state index is -3.26. The van der Waals surface area contributed by atoms with Crippen molar-refractivity contribution >= 4 is 10.0 Å². The molecule has 90 valence electrons. The molecular formula is C9H20N2O3S. The minimum Gasteiger partial charge on any atom is -0.389 e. The zero-order valence-electron chi connectivity index (χ0n) is 9.52. The van der Waals surface area contributed by atoms with Gasteiger partial charge >= 0.3 is 0 Å². The molecule has 0 saturated carbocycles. The molecule has 15 heavy (non-hydrogen) atoms. The summed E-state index contributed by atoms with van der Waals surface area (Å²) in [4.78, 5) is 0. The molecule has 1 unspecified atom stereocenters. The van der Waals surface area contributed by atoms with Crippen LogP contribution in [0.3, 0.4) is 0 Å². The largest absolute Gasteiger partial charge is 0.389 e. The van der Waals surface area contributed by atoms with Crippen molar-refractivity contribution in [3.63, 3.8) is 0 Å². The highest BCUT2D eigenvalue weighted by molar-refractivity contribution is 7.89. The Morgan fingerprint density at radius 3 is 2.53 bits per heavy atom. The topological polar surface area (TPSA) is 69.6 Å². The van der Waals surface area contributed by atoms with Crippen LogP contribution in [0, 0.1) is 0 Å². The summed E-state index contributed by atoms with van der Waals surface area (Å²) in [6, 6.07) is 0. The van der Waals surface area contributed by atoms with Crippen LogP contribution >= 0.6 is 0 Å². The lowest BCUT2D eigenvalue weighted by Gasteiger charge is -2.27. The maximum absolute atomic E-state index is 12.0. The maximum Gasteiger partial charge on any atom is 0.218 e. The third kappa shape index (κ3) is 3.41. The van der Waals surface area contributed by atoms with Crippen molar-refractivity contribution in [3.05, 3.63) is 0 Å². The van der Waals surface area contributed by atoms with Gasteiger partial charge in [-0.05, 0) is 26.8 Å². The van der Waals surface area contributed by atoms with Gasteiger partial charge in [0.05, 0.1) is 10.9 Å². The molecule has 1 heterocycles. The van der Waals surface area contributed by atoms with E-state index in [2.05, 4.69) is 5.32 Å². The van der Waals surface area contributed by atoms with E-state index in [4.69, 9.17) is 0 Å². The molecule has 0 aromatic heterocycles. The highest BCUT2D eigenvalue weighted by Crippen LogP contribution is 2.16. The van der Waals surface area contributed by atoms with Crippen LogP contribution in [0.1, 0.15) is 20.3 Å². The van der Waals surface area contributed by atoms with Gasteiger partial charge in [-0.1, -0.05) is 0 Å². The molecule has 1 saturated heterocycles. The number of nitrogens with one attached hydrogen (secondary N) is 1. The second-order valence-corrected chi connectivity index (χ2v) is 7.05. The van der Waals surface area contributed by atoms with Crippen molar-refractivity contribution in [1.82, 2.24) is 9.62 Å². The monoisotopic (exact) mass is 236 g/mol. The number of aliphatic hydroxyl groups is 1. The predicted molar refractivity (Wildman–Crippen MR) is 59.1 cm³/mol. The molecule has 0 aromatic carbocycles. The molecule has 1 aliphatic rings. The van der Waals surface area contributed by atoms with Crippen LogP contribution in [0.15, 0.2) is 0 Å². The first-order valence-electron chi connectivity index (χ1n) is 5.12. The van der Waals surface area contributed by atoms with Crippen LogP contribution in [0.4, 0.5) is 0 Å². The Morgan fingerprint density at radius 1 is 1.53 bits per heavy atom. The molecular weight excluding hydrogens is 216 g/mol. The smallest absolute Gasteiger partial charge is 0.218 e. The Morgan fingerprint density at radius 2 is 2.13 bits per heavy atom. The Bertz CT molecular complexity index is 302. The van der Waals surface area contributed by atoms with E-state index in [0.29, 0.717) is 13.0 Å². The lowest BCUT2D eigenvalue weighted by atomic mass is 10.1. The van der Waals surface area contributed by atoms with Gasteiger partial charge in [-0.15, -0.1) is 0 Å². The zero-order valence-corrected chi connectivity index (χ0v) is 10.3. The average Bonchev–Trinajstić information content (AvgIpc) is 2.52. The second-order valence-electron chi connectivity index (χ2n) is 4.73. The van der Waals surface area contributed by atoms with E-state index < -0.39 is 15.6 Å². The van der Waals surface area contributed by atoms with Gasteiger partial charge in [0.25, 0.3) is 0 Å². The third-order valence-electron chi connectivity index (χ3n) is 2.48. The number of hydrogen-bond donors (Lipinski definition) is 2. The normalized spacial score (nSPS) is 23.7. The maximum atomic E-state index is 12.0. The third-order valence-corrected chi connectivity index (χ3v) is 4.72. The minimum absolute atomic E-state index is 0.131. The van der Waals surface area contributed by atoms with Gasteiger partial charge < -0.3 is 10.4 Å². The van der Waals surface area contributed by atoms with Crippen LogP contribution in [0.2, 0.25) is 0 Å². The first-order valence-corrected chi connectivity index (χ1v) is 6.62. The van der Waals surface area contributed by atoms with Crippen molar-refractivity contribution in [2.24, 2.45) is 0 Å². The first kappa shape index (κ1) is 12.9. The first-order chi connectivity index (χ1) is 6.73. The lowest BCUT2D eigenvalue weighted by Crippen LogP contribution is -2.44. The fourth-order valence-electron chi connectivity index (χ4n) is 1.77. The summed E-state index contributed by atoms with van der Waals surface area (Å²) in [7, 11) is -1.74. The highest BCUT2D eigenvalue weighted by Gasteiger charge is 2.34. The standard InChI is InChI=1S/C9H20N2O3S/c1-9(2,12)7-11(3)15(13,14)8-4-5-10-6-8/h8,10,12H,4-7H2,1-3H3. The van der Waals surface area contributed by atoms with Gasteiger partial charge in [0, 0.05) is 20.1 Å². The van der Waals surface area contributed by atoms with Gasteiger partial charge in [0.1, 0.15) is 0 Å². The van der Waals surface area contributed by atoms with Crippen molar-refractivity contribution in [2.45, 2.75) is 31.1 Å². The number of hydrogen-bond acceptors (Lipinski definition) is 4. The van der Waals surface area contributed by atoms with E-state index in [0.717, 1.165) is 6.54 Å². The number of rotatable bonds is 4. The molecule has 0 aromatic rings. The summed E-state index contributed by atoms with van der Waals surface area (Å²) in [5.41, 5.74) is -0.992. The van der Waals surface area contributed by atoms with Crippen molar-refractivity contribution in [3.8, 4) is 0 Å². The molecule has 6 heteroatoms. The summed E-state index contributed by atoms with van der Waals surface area (Å²) >= 11 is 0. The van der Waals surface area contributed by atoms with E-state index in [1.54, 1.807) is 13.8 Å². The van der Waals surface area contributed by atoms with Gasteiger partial charge in [-0.3, -0.25) is 0 Å². The molecule has 0 radical (unpaired) electrons. The molecule has 1 aliphatic heterocycles. The van der Waals surface area contributed by atoms with E-state index in [1.807, 2.05) is 0 Å². The lowest BCUT2D eigenvalue weighted by molar-refractivity contribution is 0.0638. The predicted octanol–water partition coefficient (Wildman–Crippen LogP) is -0.619. The zero-order chi connectivity index (χ0) is 11.7. The molecule has 0 spiro atoms. The summed E-state index contributed by atoms with van der Waals surface area (Å²) in [6.07, 6.45) is 0.651. The van der Waals surface area contributed by atoms with Gasteiger partial charge in [-0.25, -0.2) is 12.7 Å². The number of nitrogens with zero attached hydrogens (tertiary/aromatic N) is 1. The quantitative estimate of drug-likeness (QED) is 0.682. The van der Waals surface area contributed by atoms with Crippen molar-refractivity contribution in [1.29, 1.82) is 0 Å².